The van der Waals surface area contributed by atoms with E-state index in [2.05, 4.69) is 43.8 Å². The Morgan fingerprint density at radius 2 is 2.21 bits per heavy atom. The van der Waals surface area contributed by atoms with E-state index in [1.54, 1.807) is 7.11 Å². The molecule has 0 bridgehead atoms. The Morgan fingerprint density at radius 3 is 2.79 bits per heavy atom. The molecule has 4 heteroatoms. The van der Waals surface area contributed by atoms with Gasteiger partial charge in [-0.05, 0) is 12.1 Å². The Hall–Kier alpha value is -0.480. The molecule has 0 amide bonds. The quantitative estimate of drug-likeness (QED) is 0.911. The summed E-state index contributed by atoms with van der Waals surface area (Å²) in [4.78, 5) is 0. The zero-order valence-corrected chi connectivity index (χ0v) is 11.0. The molecule has 0 aliphatic rings. The van der Waals surface area contributed by atoms with Crippen molar-refractivity contribution < 1.29 is 4.74 Å². The van der Waals surface area contributed by atoms with Gasteiger partial charge in [0.1, 0.15) is 5.75 Å². The van der Waals surface area contributed by atoms with Gasteiger partial charge in [-0.1, -0.05) is 38.4 Å². The number of hydrogen-bond donors (Lipinski definition) is 1. The van der Waals surface area contributed by atoms with Crippen LogP contribution in [-0.4, -0.2) is 13.7 Å². The zero-order chi connectivity index (χ0) is 10.6. The fourth-order valence-electron chi connectivity index (χ4n) is 0.981. The van der Waals surface area contributed by atoms with Crippen LogP contribution in [-0.2, 0) is 0 Å². The molecule has 0 unspecified atom stereocenters. The van der Waals surface area contributed by atoms with Crippen molar-refractivity contribution >= 4 is 37.5 Å². The third kappa shape index (κ3) is 3.72. The highest BCUT2D eigenvalue weighted by molar-refractivity contribution is 9.11. The van der Waals surface area contributed by atoms with Gasteiger partial charge in [0.05, 0.1) is 7.11 Å². The number of halogens is 2. The average molecular weight is 321 g/mol. The average Bonchev–Trinajstić information content (AvgIpc) is 2.14. The van der Waals surface area contributed by atoms with E-state index in [0.29, 0.717) is 6.54 Å². The molecule has 0 fully saturated rings. The van der Waals surface area contributed by atoms with Gasteiger partial charge in [0.15, 0.2) is 0 Å². The number of hydrogen-bond acceptors (Lipinski definition) is 2. The van der Waals surface area contributed by atoms with Crippen molar-refractivity contribution in [3.8, 4) is 5.75 Å². The molecule has 1 rings (SSSR count). The molecule has 0 saturated carbocycles. The predicted molar refractivity (Wildman–Crippen MR) is 67.3 cm³/mol. The number of benzene rings is 1. The van der Waals surface area contributed by atoms with Gasteiger partial charge in [0, 0.05) is 27.3 Å². The normalized spacial score (nSPS) is 9.64. The minimum atomic E-state index is 0.694. The van der Waals surface area contributed by atoms with Crippen LogP contribution in [0.25, 0.3) is 0 Å². The Labute approximate surface area is 101 Å². The third-order valence-corrected chi connectivity index (χ3v) is 2.33. The lowest BCUT2D eigenvalue weighted by molar-refractivity contribution is 0.414. The number of rotatable bonds is 4. The van der Waals surface area contributed by atoms with Crippen molar-refractivity contribution in [2.24, 2.45) is 0 Å². The van der Waals surface area contributed by atoms with Gasteiger partial charge in [-0.2, -0.15) is 0 Å². The van der Waals surface area contributed by atoms with Crippen molar-refractivity contribution in [3.63, 3.8) is 0 Å². The Morgan fingerprint density at radius 1 is 1.50 bits per heavy atom. The minimum absolute atomic E-state index is 0.694. The van der Waals surface area contributed by atoms with E-state index in [4.69, 9.17) is 4.74 Å². The van der Waals surface area contributed by atoms with E-state index < -0.39 is 0 Å². The summed E-state index contributed by atoms with van der Waals surface area (Å²) in [7, 11) is 1.65. The summed E-state index contributed by atoms with van der Waals surface area (Å²) in [6.45, 7) is 4.44. The highest BCUT2D eigenvalue weighted by atomic mass is 79.9. The van der Waals surface area contributed by atoms with Crippen LogP contribution in [0.5, 0.6) is 5.75 Å². The molecular weight excluding hydrogens is 310 g/mol. The van der Waals surface area contributed by atoms with Crippen molar-refractivity contribution in [1.82, 2.24) is 0 Å². The van der Waals surface area contributed by atoms with E-state index >= 15 is 0 Å². The molecule has 0 saturated heterocycles. The highest BCUT2D eigenvalue weighted by Gasteiger charge is 1.98. The van der Waals surface area contributed by atoms with Crippen molar-refractivity contribution in [2.45, 2.75) is 0 Å². The summed E-state index contributed by atoms with van der Waals surface area (Å²) in [6, 6.07) is 5.83. The monoisotopic (exact) mass is 319 g/mol. The van der Waals surface area contributed by atoms with Gasteiger partial charge in [0.2, 0.25) is 0 Å². The first-order chi connectivity index (χ1) is 6.61. The standard InChI is InChI=1S/C10H11Br2NO/c1-7(11)6-13-9-3-8(12)4-10(5-9)14-2/h3-5,13H,1,6H2,2H3. The summed E-state index contributed by atoms with van der Waals surface area (Å²) >= 11 is 6.69. The lowest BCUT2D eigenvalue weighted by Crippen LogP contribution is -2.00. The van der Waals surface area contributed by atoms with Crippen LogP contribution in [0.15, 0.2) is 33.7 Å². The minimum Gasteiger partial charge on any atom is -0.497 e. The fraction of sp³-hybridized carbons (Fsp3) is 0.200. The maximum atomic E-state index is 5.14. The van der Waals surface area contributed by atoms with E-state index in [1.807, 2.05) is 18.2 Å². The van der Waals surface area contributed by atoms with Gasteiger partial charge < -0.3 is 10.1 Å². The van der Waals surface area contributed by atoms with Crippen LogP contribution < -0.4 is 10.1 Å². The van der Waals surface area contributed by atoms with Gasteiger partial charge in [-0.25, -0.2) is 0 Å². The van der Waals surface area contributed by atoms with Crippen molar-refractivity contribution in [3.05, 3.63) is 33.7 Å². The fourth-order valence-corrected chi connectivity index (χ4v) is 1.59. The van der Waals surface area contributed by atoms with Crippen LogP contribution in [0.2, 0.25) is 0 Å². The largest absolute Gasteiger partial charge is 0.497 e. The molecule has 1 aromatic carbocycles. The highest BCUT2D eigenvalue weighted by Crippen LogP contribution is 2.24. The number of anilines is 1. The summed E-state index contributed by atoms with van der Waals surface area (Å²) in [5.41, 5.74) is 0.997. The molecule has 76 valence electrons. The molecule has 0 aliphatic carbocycles. The maximum Gasteiger partial charge on any atom is 0.122 e. The smallest absolute Gasteiger partial charge is 0.122 e. The Kier molecular flexibility index (Phi) is 4.48. The van der Waals surface area contributed by atoms with Crippen LogP contribution in [0, 0.1) is 0 Å². The van der Waals surface area contributed by atoms with Gasteiger partial charge in [-0.15, -0.1) is 0 Å². The van der Waals surface area contributed by atoms with E-state index in [-0.39, 0.29) is 0 Å². The van der Waals surface area contributed by atoms with Gasteiger partial charge in [0.25, 0.3) is 0 Å². The van der Waals surface area contributed by atoms with Crippen LogP contribution in [0.3, 0.4) is 0 Å². The van der Waals surface area contributed by atoms with Crippen molar-refractivity contribution in [2.75, 3.05) is 19.0 Å². The molecule has 14 heavy (non-hydrogen) atoms. The number of ether oxygens (including phenoxy) is 1. The first-order valence-electron chi connectivity index (χ1n) is 4.03. The number of methoxy groups -OCH3 is 1. The van der Waals surface area contributed by atoms with Gasteiger partial charge >= 0.3 is 0 Å². The molecule has 0 heterocycles. The second kappa shape index (κ2) is 5.41. The van der Waals surface area contributed by atoms with Crippen LogP contribution >= 0.6 is 31.9 Å². The summed E-state index contributed by atoms with van der Waals surface area (Å²) in [5, 5.41) is 3.20. The molecule has 0 spiro atoms. The molecular formula is C10H11Br2NO. The third-order valence-electron chi connectivity index (χ3n) is 1.59. The molecule has 1 N–H and O–H groups in total. The van der Waals surface area contributed by atoms with Crippen molar-refractivity contribution in [1.29, 1.82) is 0 Å². The van der Waals surface area contributed by atoms with E-state index in [0.717, 1.165) is 20.4 Å². The second-order valence-electron chi connectivity index (χ2n) is 2.75. The topological polar surface area (TPSA) is 21.3 Å². The van der Waals surface area contributed by atoms with Gasteiger partial charge in [-0.3, -0.25) is 0 Å². The molecule has 1 aromatic rings. The zero-order valence-electron chi connectivity index (χ0n) is 7.81. The predicted octanol–water partition coefficient (Wildman–Crippen LogP) is 3.78. The maximum absolute atomic E-state index is 5.14. The summed E-state index contributed by atoms with van der Waals surface area (Å²) in [6.07, 6.45) is 0. The molecule has 0 aromatic heterocycles. The van der Waals surface area contributed by atoms with Crippen LogP contribution in [0.4, 0.5) is 5.69 Å². The van der Waals surface area contributed by atoms with E-state index in [9.17, 15) is 0 Å². The molecule has 2 nitrogen and oxygen atoms in total. The summed E-state index contributed by atoms with van der Waals surface area (Å²) < 4.78 is 7.04. The Balaban J connectivity index is 2.76. The molecule has 0 atom stereocenters. The number of nitrogens with one attached hydrogen (secondary N) is 1. The summed E-state index contributed by atoms with van der Waals surface area (Å²) in [5.74, 6) is 0.821. The van der Waals surface area contributed by atoms with E-state index in [1.165, 1.54) is 0 Å². The second-order valence-corrected chi connectivity index (χ2v) is 4.79. The SMILES string of the molecule is C=C(Br)CNc1cc(Br)cc(OC)c1. The molecule has 0 radical (unpaired) electrons. The first kappa shape index (κ1) is 11.6. The Bertz CT molecular complexity index is 339. The van der Waals surface area contributed by atoms with Crippen LogP contribution in [0.1, 0.15) is 0 Å². The lowest BCUT2D eigenvalue weighted by Gasteiger charge is -2.08. The first-order valence-corrected chi connectivity index (χ1v) is 5.62. The lowest BCUT2D eigenvalue weighted by atomic mass is 10.3. The molecule has 0 aliphatic heterocycles.